The summed E-state index contributed by atoms with van der Waals surface area (Å²) in [6.07, 6.45) is 10.8. The van der Waals surface area contributed by atoms with Crippen molar-refractivity contribution in [1.82, 2.24) is 30.2 Å². The van der Waals surface area contributed by atoms with Crippen LogP contribution in [0.4, 0.5) is 30.6 Å². The largest absolute Gasteiger partial charge is 0.390 e. The summed E-state index contributed by atoms with van der Waals surface area (Å²) in [4.78, 5) is 21.3. The Morgan fingerprint density at radius 1 is 1.05 bits per heavy atom. The highest BCUT2D eigenvalue weighted by Gasteiger charge is 2.25. The first-order chi connectivity index (χ1) is 18.5. The second kappa shape index (κ2) is 9.80. The van der Waals surface area contributed by atoms with Crippen LogP contribution >= 0.6 is 0 Å². The van der Waals surface area contributed by atoms with E-state index in [1.54, 1.807) is 18.5 Å². The van der Waals surface area contributed by atoms with Crippen molar-refractivity contribution in [1.29, 1.82) is 0 Å². The Balaban J connectivity index is 1.42. The van der Waals surface area contributed by atoms with Gasteiger partial charge >= 0.3 is 0 Å². The lowest BCUT2D eigenvalue weighted by Gasteiger charge is -2.30. The average Bonchev–Trinajstić information content (AvgIpc) is 2.87. The number of nitrogens with one attached hydrogen (secondary N) is 3. The number of hydrogen-bond donors (Lipinski definition) is 4. The topological polar surface area (TPSA) is 121 Å². The van der Waals surface area contributed by atoms with Gasteiger partial charge in [-0.15, -0.1) is 0 Å². The third kappa shape index (κ3) is 4.55. The van der Waals surface area contributed by atoms with E-state index in [1.807, 2.05) is 18.2 Å². The third-order valence-corrected chi connectivity index (χ3v) is 6.39. The number of aliphatic hydroxyl groups excluding tert-OH is 1. The zero-order valence-corrected chi connectivity index (χ0v) is 19.8. The summed E-state index contributed by atoms with van der Waals surface area (Å²) in [5.41, 5.74) is 2.92. The summed E-state index contributed by atoms with van der Waals surface area (Å²) < 4.78 is 41.3. The van der Waals surface area contributed by atoms with Crippen LogP contribution in [0.5, 0.6) is 0 Å². The van der Waals surface area contributed by atoms with Crippen LogP contribution in [0.3, 0.4) is 0 Å². The van der Waals surface area contributed by atoms with E-state index in [4.69, 9.17) is 9.97 Å². The zero-order chi connectivity index (χ0) is 26.2. The normalized spacial score (nSPS) is 18.7. The van der Waals surface area contributed by atoms with Gasteiger partial charge in [0.1, 0.15) is 11.6 Å². The molecule has 4 N–H and O–H groups in total. The second-order valence-electron chi connectivity index (χ2n) is 8.91. The molecule has 1 saturated heterocycles. The number of aliphatic hydroxyl groups is 1. The molecule has 1 aliphatic heterocycles. The van der Waals surface area contributed by atoms with Crippen LogP contribution in [-0.4, -0.2) is 55.3 Å². The lowest BCUT2D eigenvalue weighted by atomic mass is 9.97. The van der Waals surface area contributed by atoms with E-state index in [-0.39, 0.29) is 11.9 Å². The lowest BCUT2D eigenvalue weighted by molar-refractivity contribution is 0.128. The molecule has 0 bridgehead atoms. The van der Waals surface area contributed by atoms with Crippen LogP contribution in [0.1, 0.15) is 12.0 Å². The first-order valence-corrected chi connectivity index (χ1v) is 11.9. The maximum Gasteiger partial charge on any atom is 0.217 e. The van der Waals surface area contributed by atoms with Crippen molar-refractivity contribution in [2.45, 2.75) is 18.6 Å². The lowest BCUT2D eigenvalue weighted by Crippen LogP contribution is -2.47. The van der Waals surface area contributed by atoms with Gasteiger partial charge in [-0.3, -0.25) is 4.98 Å². The van der Waals surface area contributed by atoms with Gasteiger partial charge in [0.05, 0.1) is 29.2 Å². The van der Waals surface area contributed by atoms with Gasteiger partial charge in [-0.1, -0.05) is 18.2 Å². The van der Waals surface area contributed by atoms with E-state index in [0.29, 0.717) is 41.8 Å². The van der Waals surface area contributed by atoms with Crippen molar-refractivity contribution in [2.24, 2.45) is 0 Å². The van der Waals surface area contributed by atoms with Gasteiger partial charge in [-0.05, 0) is 30.7 Å². The molecule has 4 aromatic heterocycles. The molecule has 2 aliphatic rings. The monoisotopic (exact) mass is 518 g/mol. The summed E-state index contributed by atoms with van der Waals surface area (Å²) in [7, 11) is 0. The van der Waals surface area contributed by atoms with Crippen LogP contribution < -0.4 is 16.0 Å². The van der Waals surface area contributed by atoms with Crippen molar-refractivity contribution in [3.8, 4) is 11.4 Å². The smallest absolute Gasteiger partial charge is 0.217 e. The van der Waals surface area contributed by atoms with Gasteiger partial charge in [0.2, 0.25) is 11.8 Å². The van der Waals surface area contributed by atoms with E-state index < -0.39 is 29.5 Å². The molecule has 0 saturated carbocycles. The molecule has 5 heterocycles. The van der Waals surface area contributed by atoms with E-state index >= 15 is 0 Å². The number of halogens is 3. The fourth-order valence-corrected chi connectivity index (χ4v) is 4.41. The number of aromatic nitrogens is 5. The molecule has 0 unspecified atom stereocenters. The highest BCUT2D eigenvalue weighted by atomic mass is 19.2. The van der Waals surface area contributed by atoms with Gasteiger partial charge in [0, 0.05) is 36.1 Å². The fourth-order valence-electron chi connectivity index (χ4n) is 4.41. The molecule has 192 valence electrons. The first-order valence-electron chi connectivity index (χ1n) is 11.9. The Kier molecular flexibility index (Phi) is 6.18. The van der Waals surface area contributed by atoms with E-state index in [1.165, 1.54) is 12.3 Å². The number of rotatable bonds is 6. The number of nitrogens with zero attached hydrogens (tertiary/aromatic N) is 5. The molecule has 6 rings (SSSR count). The maximum absolute atomic E-state index is 14.1. The van der Waals surface area contributed by atoms with Crippen molar-refractivity contribution < 1.29 is 18.3 Å². The Morgan fingerprint density at radius 3 is 2.71 bits per heavy atom. The van der Waals surface area contributed by atoms with E-state index in [0.717, 1.165) is 23.1 Å². The van der Waals surface area contributed by atoms with E-state index in [9.17, 15) is 18.3 Å². The summed E-state index contributed by atoms with van der Waals surface area (Å²) in [5, 5.41) is 20.4. The van der Waals surface area contributed by atoms with Crippen molar-refractivity contribution in [2.75, 3.05) is 23.7 Å². The Labute approximate surface area is 214 Å². The van der Waals surface area contributed by atoms with Crippen LogP contribution in [-0.2, 0) is 0 Å². The average molecular weight is 519 g/mol. The molecule has 9 nitrogen and oxygen atoms in total. The van der Waals surface area contributed by atoms with E-state index in [2.05, 4.69) is 30.9 Å². The van der Waals surface area contributed by atoms with Crippen molar-refractivity contribution >= 4 is 33.9 Å². The summed E-state index contributed by atoms with van der Waals surface area (Å²) in [5.74, 6) is -3.58. The summed E-state index contributed by atoms with van der Waals surface area (Å²) >= 11 is 0. The molecular formula is C26H21F3N8O. The van der Waals surface area contributed by atoms with Gasteiger partial charge in [0.25, 0.3) is 0 Å². The number of hydrogen-bond acceptors (Lipinski definition) is 9. The predicted molar refractivity (Wildman–Crippen MR) is 136 cm³/mol. The van der Waals surface area contributed by atoms with Gasteiger partial charge < -0.3 is 21.1 Å². The molecule has 1 fully saturated rings. The summed E-state index contributed by atoms with van der Waals surface area (Å²) in [6.45, 7) is 1.21. The Bertz CT molecular complexity index is 1610. The number of piperidine rings is 1. The van der Waals surface area contributed by atoms with Crippen LogP contribution in [0.15, 0.2) is 55.0 Å². The second-order valence-corrected chi connectivity index (χ2v) is 8.91. The van der Waals surface area contributed by atoms with Crippen LogP contribution in [0.2, 0.25) is 0 Å². The minimum Gasteiger partial charge on any atom is -0.390 e. The molecule has 0 radical (unpaired) electrons. The van der Waals surface area contributed by atoms with Crippen molar-refractivity contribution in [3.63, 3.8) is 0 Å². The summed E-state index contributed by atoms with van der Waals surface area (Å²) in [6, 6.07) is 3.29. The standard InChI is InChI=1S/C26H21F3N8O/c27-16-9-20(28)35-26(23(16)29)36-21-8-14(4-7-32-21)24-34-18-11-31-10-15(13-2-1-3-13)22(18)25(37-24)33-17-5-6-30-12-19(17)38/h1-4,7-11,17,19,30,38H,5-6,12H2,(H,32,35,36)(H,33,34,37)/t17-,19+/m1/s1. The molecule has 0 spiro atoms. The minimum absolute atomic E-state index is 0.0857. The quantitative estimate of drug-likeness (QED) is 0.283. The molecule has 2 atom stereocenters. The molecule has 12 heteroatoms. The first kappa shape index (κ1) is 23.9. The number of fused-ring (bicyclic) bond motifs is 1. The zero-order valence-electron chi connectivity index (χ0n) is 19.8. The Hall–Kier alpha value is -4.42. The Morgan fingerprint density at radius 2 is 1.92 bits per heavy atom. The van der Waals surface area contributed by atoms with Gasteiger partial charge in [0.15, 0.2) is 17.5 Å². The van der Waals surface area contributed by atoms with Crippen LogP contribution in [0.25, 0.3) is 27.9 Å². The SMILES string of the molecule is O[C@H]1CNCC[C@H]1Nc1nc(-c2ccnc(Nc3nc(F)cc(F)c3F)c2)nc2cncc(C3=CC=C3)c12. The molecule has 0 aromatic carbocycles. The maximum atomic E-state index is 14.1. The minimum atomic E-state index is -1.37. The highest BCUT2D eigenvalue weighted by molar-refractivity contribution is 6.02. The molecule has 1 aliphatic carbocycles. The third-order valence-electron chi connectivity index (χ3n) is 6.39. The molecular weight excluding hydrogens is 497 g/mol. The number of allylic oxidation sites excluding steroid dienone is 4. The highest BCUT2D eigenvalue weighted by Crippen LogP contribution is 2.34. The number of pyridine rings is 3. The van der Waals surface area contributed by atoms with Crippen LogP contribution in [0, 0.1) is 17.6 Å². The van der Waals surface area contributed by atoms with Gasteiger partial charge in [-0.2, -0.15) is 13.8 Å². The molecule has 0 amide bonds. The predicted octanol–water partition coefficient (Wildman–Crippen LogP) is 3.73. The number of anilines is 3. The number of β-amino-alcohol motifs (C(OH)–C–C–N with tert-alkyl or cyclic N) is 1. The van der Waals surface area contributed by atoms with Crippen molar-refractivity contribution in [3.05, 3.63) is 78.2 Å². The molecule has 38 heavy (non-hydrogen) atoms. The molecule has 4 aromatic rings. The van der Waals surface area contributed by atoms with Gasteiger partial charge in [-0.25, -0.2) is 19.3 Å². The fraction of sp³-hybridized carbons (Fsp3) is 0.192.